The van der Waals surface area contributed by atoms with Crippen LogP contribution in [-0.4, -0.2) is 19.1 Å². The summed E-state index contributed by atoms with van der Waals surface area (Å²) in [6, 6.07) is 6.90. The quantitative estimate of drug-likeness (QED) is 0.785. The summed E-state index contributed by atoms with van der Waals surface area (Å²) in [7, 11) is 0. The number of hydrogen-bond acceptors (Lipinski definition) is 2. The van der Waals surface area contributed by atoms with Crippen molar-refractivity contribution in [1.29, 1.82) is 0 Å². The Morgan fingerprint density at radius 1 is 1.25 bits per heavy atom. The zero-order valence-electron chi connectivity index (χ0n) is 10.3. The molecule has 2 nitrogen and oxygen atoms in total. The molecule has 2 N–H and O–H groups in total. The molecular weight excluding hydrogens is 264 g/mol. The molecule has 0 atom stereocenters. The van der Waals surface area contributed by atoms with Gasteiger partial charge in [-0.2, -0.15) is 0 Å². The topological polar surface area (TPSA) is 24.1 Å². The molecule has 0 spiro atoms. The van der Waals surface area contributed by atoms with E-state index in [1.807, 2.05) is 0 Å². The molecule has 0 fully saturated rings. The average molecular weight is 285 g/mol. The molecule has 0 amide bonds. The lowest BCUT2D eigenvalue weighted by atomic mass is 10.1. The van der Waals surface area contributed by atoms with E-state index in [9.17, 15) is 0 Å². The minimum Gasteiger partial charge on any atom is -0.313 e. The van der Waals surface area contributed by atoms with E-state index in [-0.39, 0.29) is 0 Å². The van der Waals surface area contributed by atoms with Crippen LogP contribution >= 0.6 is 15.9 Å². The van der Waals surface area contributed by atoms with Gasteiger partial charge in [0, 0.05) is 30.1 Å². The van der Waals surface area contributed by atoms with Gasteiger partial charge in [0.15, 0.2) is 0 Å². The van der Waals surface area contributed by atoms with Gasteiger partial charge in [-0.25, -0.2) is 0 Å². The van der Waals surface area contributed by atoms with Crippen LogP contribution in [0.15, 0.2) is 22.7 Å². The summed E-state index contributed by atoms with van der Waals surface area (Å²) in [6.45, 7) is 9.43. The third kappa shape index (κ3) is 4.64. The van der Waals surface area contributed by atoms with Crippen molar-refractivity contribution in [2.75, 3.05) is 13.1 Å². The maximum atomic E-state index is 3.55. The fourth-order valence-corrected chi connectivity index (χ4v) is 1.92. The van der Waals surface area contributed by atoms with Crippen LogP contribution in [0.2, 0.25) is 0 Å². The third-order valence-electron chi connectivity index (χ3n) is 2.55. The molecule has 0 aromatic heterocycles. The predicted octanol–water partition coefficient (Wildman–Crippen LogP) is 2.85. The van der Waals surface area contributed by atoms with Crippen molar-refractivity contribution in [2.45, 2.75) is 33.4 Å². The molecule has 0 heterocycles. The van der Waals surface area contributed by atoms with Gasteiger partial charge < -0.3 is 10.6 Å². The van der Waals surface area contributed by atoms with E-state index in [4.69, 9.17) is 0 Å². The Kier molecular flexibility index (Phi) is 6.03. The van der Waals surface area contributed by atoms with Gasteiger partial charge in [0.1, 0.15) is 0 Å². The number of rotatable bonds is 6. The number of benzene rings is 1. The van der Waals surface area contributed by atoms with E-state index in [1.165, 1.54) is 15.6 Å². The summed E-state index contributed by atoms with van der Waals surface area (Å²) in [5, 5.41) is 6.83. The molecule has 0 bridgehead atoms. The van der Waals surface area contributed by atoms with E-state index in [1.54, 1.807) is 0 Å². The lowest BCUT2D eigenvalue weighted by Crippen LogP contribution is -2.31. The standard InChI is InChI=1S/C13H21BrN2/c1-10(2)16-8-7-15-9-12-5-4-6-13(14)11(12)3/h4-6,10,15-16H,7-9H2,1-3H3. The van der Waals surface area contributed by atoms with Crippen LogP contribution < -0.4 is 10.6 Å². The molecule has 0 aliphatic rings. The minimum absolute atomic E-state index is 0.564. The Morgan fingerprint density at radius 3 is 2.69 bits per heavy atom. The zero-order valence-corrected chi connectivity index (χ0v) is 11.9. The molecule has 1 rings (SSSR count). The van der Waals surface area contributed by atoms with Gasteiger partial charge in [0.2, 0.25) is 0 Å². The van der Waals surface area contributed by atoms with Gasteiger partial charge in [-0.3, -0.25) is 0 Å². The van der Waals surface area contributed by atoms with Crippen LogP contribution in [0.5, 0.6) is 0 Å². The first kappa shape index (κ1) is 13.7. The number of nitrogens with one attached hydrogen (secondary N) is 2. The summed E-state index contributed by atoms with van der Waals surface area (Å²) in [6.07, 6.45) is 0. The average Bonchev–Trinajstić information content (AvgIpc) is 2.23. The molecule has 90 valence electrons. The highest BCUT2D eigenvalue weighted by Gasteiger charge is 2.00. The van der Waals surface area contributed by atoms with Crippen molar-refractivity contribution >= 4 is 15.9 Å². The van der Waals surface area contributed by atoms with Crippen molar-refractivity contribution in [3.05, 3.63) is 33.8 Å². The first-order chi connectivity index (χ1) is 7.61. The highest BCUT2D eigenvalue weighted by atomic mass is 79.9. The van der Waals surface area contributed by atoms with Crippen molar-refractivity contribution in [3.63, 3.8) is 0 Å². The van der Waals surface area contributed by atoms with Gasteiger partial charge in [0.25, 0.3) is 0 Å². The fourth-order valence-electron chi connectivity index (χ4n) is 1.52. The molecule has 0 saturated heterocycles. The fraction of sp³-hybridized carbons (Fsp3) is 0.538. The molecule has 16 heavy (non-hydrogen) atoms. The van der Waals surface area contributed by atoms with E-state index in [2.05, 4.69) is 65.5 Å². The second-order valence-corrected chi connectivity index (χ2v) is 5.16. The second kappa shape index (κ2) is 7.05. The van der Waals surface area contributed by atoms with E-state index in [0.29, 0.717) is 6.04 Å². The monoisotopic (exact) mass is 284 g/mol. The largest absolute Gasteiger partial charge is 0.313 e. The number of hydrogen-bond donors (Lipinski definition) is 2. The molecular formula is C13H21BrN2. The van der Waals surface area contributed by atoms with Crippen molar-refractivity contribution < 1.29 is 0 Å². The highest BCUT2D eigenvalue weighted by Crippen LogP contribution is 2.18. The molecule has 0 unspecified atom stereocenters. The molecule has 0 radical (unpaired) electrons. The first-order valence-electron chi connectivity index (χ1n) is 5.79. The van der Waals surface area contributed by atoms with Crippen LogP contribution in [0, 0.1) is 6.92 Å². The van der Waals surface area contributed by atoms with Crippen molar-refractivity contribution in [2.24, 2.45) is 0 Å². The van der Waals surface area contributed by atoms with Gasteiger partial charge in [-0.05, 0) is 24.1 Å². The summed E-state index contributed by atoms with van der Waals surface area (Å²) in [5.74, 6) is 0. The normalized spacial score (nSPS) is 11.1. The zero-order chi connectivity index (χ0) is 12.0. The van der Waals surface area contributed by atoms with Gasteiger partial charge in [0.05, 0.1) is 0 Å². The summed E-state index contributed by atoms with van der Waals surface area (Å²) >= 11 is 3.55. The van der Waals surface area contributed by atoms with Gasteiger partial charge in [-0.15, -0.1) is 0 Å². The number of halogens is 1. The first-order valence-corrected chi connectivity index (χ1v) is 6.58. The Morgan fingerprint density at radius 2 is 2.00 bits per heavy atom. The van der Waals surface area contributed by atoms with E-state index in [0.717, 1.165) is 19.6 Å². The second-order valence-electron chi connectivity index (χ2n) is 4.31. The highest BCUT2D eigenvalue weighted by molar-refractivity contribution is 9.10. The summed E-state index contributed by atoms with van der Waals surface area (Å²) in [4.78, 5) is 0. The van der Waals surface area contributed by atoms with Crippen LogP contribution in [-0.2, 0) is 6.54 Å². The van der Waals surface area contributed by atoms with E-state index >= 15 is 0 Å². The maximum Gasteiger partial charge on any atom is 0.0209 e. The van der Waals surface area contributed by atoms with Gasteiger partial charge in [-0.1, -0.05) is 41.9 Å². The maximum absolute atomic E-state index is 3.55. The lowest BCUT2D eigenvalue weighted by Gasteiger charge is -2.11. The molecule has 1 aromatic carbocycles. The van der Waals surface area contributed by atoms with Crippen LogP contribution in [0.4, 0.5) is 0 Å². The summed E-state index contributed by atoms with van der Waals surface area (Å²) < 4.78 is 1.19. The Bertz CT molecular complexity index is 324. The van der Waals surface area contributed by atoms with Crippen LogP contribution in [0.25, 0.3) is 0 Å². The smallest absolute Gasteiger partial charge is 0.0209 e. The lowest BCUT2D eigenvalue weighted by molar-refractivity contribution is 0.555. The molecule has 3 heteroatoms. The molecule has 0 saturated carbocycles. The summed E-state index contributed by atoms with van der Waals surface area (Å²) in [5.41, 5.74) is 2.69. The van der Waals surface area contributed by atoms with Crippen molar-refractivity contribution in [1.82, 2.24) is 10.6 Å². The minimum atomic E-state index is 0.564. The predicted molar refractivity (Wildman–Crippen MR) is 73.7 cm³/mol. The molecule has 0 aliphatic carbocycles. The Balaban J connectivity index is 2.29. The Hall–Kier alpha value is -0.380. The molecule has 0 aliphatic heterocycles. The van der Waals surface area contributed by atoms with Gasteiger partial charge >= 0.3 is 0 Å². The molecule has 1 aromatic rings. The SMILES string of the molecule is Cc1c(Br)cccc1CNCCNC(C)C. The van der Waals surface area contributed by atoms with E-state index < -0.39 is 0 Å². The van der Waals surface area contributed by atoms with Crippen LogP contribution in [0.3, 0.4) is 0 Å². The van der Waals surface area contributed by atoms with Crippen LogP contribution in [0.1, 0.15) is 25.0 Å². The Labute approximate surface area is 107 Å². The van der Waals surface area contributed by atoms with Crippen molar-refractivity contribution in [3.8, 4) is 0 Å². The third-order valence-corrected chi connectivity index (χ3v) is 3.41.